The summed E-state index contributed by atoms with van der Waals surface area (Å²) in [6, 6.07) is -0.427. The number of thiazole rings is 1. The summed E-state index contributed by atoms with van der Waals surface area (Å²) in [5.41, 5.74) is 0. The highest BCUT2D eigenvalue weighted by atomic mass is 32.1. The zero-order chi connectivity index (χ0) is 13.8. The quantitative estimate of drug-likeness (QED) is 0.900. The first kappa shape index (κ1) is 13.6. The van der Waals surface area contributed by atoms with Gasteiger partial charge in [-0.25, -0.2) is 9.67 Å². The van der Waals surface area contributed by atoms with E-state index < -0.39 is 6.04 Å². The minimum absolute atomic E-state index is 0.129. The van der Waals surface area contributed by atoms with Crippen molar-refractivity contribution in [2.75, 3.05) is 5.32 Å². The van der Waals surface area contributed by atoms with Crippen LogP contribution in [0.2, 0.25) is 0 Å². The smallest absolute Gasteiger partial charge is 0.251 e. The number of hydrogen-bond acceptors (Lipinski definition) is 6. The monoisotopic (exact) mass is 280 g/mol. The van der Waals surface area contributed by atoms with Crippen molar-refractivity contribution in [3.05, 3.63) is 17.4 Å². The van der Waals surface area contributed by atoms with E-state index in [0.717, 1.165) is 11.3 Å². The van der Waals surface area contributed by atoms with Gasteiger partial charge in [0, 0.05) is 11.1 Å². The number of aromatic nitrogens is 5. The number of carbonyl (C=O) groups is 1. The number of amides is 1. The van der Waals surface area contributed by atoms with Gasteiger partial charge in [-0.1, -0.05) is 20.3 Å². The molecule has 2 rings (SSSR count). The van der Waals surface area contributed by atoms with Gasteiger partial charge < -0.3 is 5.32 Å². The van der Waals surface area contributed by atoms with E-state index >= 15 is 0 Å². The number of nitrogens with zero attached hydrogens (tertiary/aromatic N) is 5. The lowest BCUT2D eigenvalue weighted by Crippen LogP contribution is -2.31. The first-order valence-electron chi connectivity index (χ1n) is 6.07. The van der Waals surface area contributed by atoms with Crippen molar-refractivity contribution in [1.29, 1.82) is 0 Å². The average molecular weight is 280 g/mol. The van der Waals surface area contributed by atoms with Crippen LogP contribution in [0.1, 0.15) is 31.2 Å². The lowest BCUT2D eigenvalue weighted by molar-refractivity contribution is -0.121. The molecule has 2 aromatic rings. The summed E-state index contributed by atoms with van der Waals surface area (Å²) in [5, 5.41) is 14.4. The second-order valence-electron chi connectivity index (χ2n) is 4.39. The van der Waals surface area contributed by atoms with Crippen LogP contribution in [0.3, 0.4) is 0 Å². The second kappa shape index (κ2) is 5.87. The molecular weight excluding hydrogens is 264 g/mol. The number of carbonyl (C=O) groups excluding carboxylic acids is 1. The van der Waals surface area contributed by atoms with Crippen molar-refractivity contribution in [1.82, 2.24) is 25.2 Å². The maximum atomic E-state index is 12.4. The Morgan fingerprint density at radius 1 is 1.58 bits per heavy atom. The minimum atomic E-state index is -0.427. The molecule has 0 aliphatic heterocycles. The molecule has 2 unspecified atom stereocenters. The zero-order valence-electron chi connectivity index (χ0n) is 11.1. The Kier molecular flexibility index (Phi) is 4.20. The molecule has 0 aliphatic carbocycles. The van der Waals surface area contributed by atoms with Gasteiger partial charge in [0.25, 0.3) is 5.91 Å². The van der Waals surface area contributed by atoms with Crippen molar-refractivity contribution < 1.29 is 4.79 Å². The molecule has 2 aromatic heterocycles. The van der Waals surface area contributed by atoms with E-state index in [9.17, 15) is 4.79 Å². The first-order valence-corrected chi connectivity index (χ1v) is 6.89. The summed E-state index contributed by atoms with van der Waals surface area (Å²) in [6.45, 7) is 5.97. The van der Waals surface area contributed by atoms with Crippen LogP contribution in [0.5, 0.6) is 0 Å². The summed E-state index contributed by atoms with van der Waals surface area (Å²) in [6.07, 6.45) is 4.05. The van der Waals surface area contributed by atoms with Crippen molar-refractivity contribution in [3.8, 4) is 0 Å². The van der Waals surface area contributed by atoms with E-state index in [1.54, 1.807) is 6.20 Å². The summed E-state index contributed by atoms with van der Waals surface area (Å²) in [7, 11) is 0. The summed E-state index contributed by atoms with van der Waals surface area (Å²) in [5.74, 6) is -0.0134. The van der Waals surface area contributed by atoms with E-state index in [2.05, 4.69) is 25.8 Å². The Hall–Kier alpha value is -1.83. The molecule has 1 amide bonds. The highest BCUT2D eigenvalue weighted by Gasteiger charge is 2.27. The van der Waals surface area contributed by atoms with Crippen molar-refractivity contribution >= 4 is 22.4 Å². The van der Waals surface area contributed by atoms with Crippen LogP contribution in [0.25, 0.3) is 0 Å². The lowest BCUT2D eigenvalue weighted by Gasteiger charge is -2.20. The topological polar surface area (TPSA) is 85.6 Å². The van der Waals surface area contributed by atoms with E-state index in [0.29, 0.717) is 5.13 Å². The molecule has 0 bridgehead atoms. The normalized spacial score (nSPS) is 14.1. The van der Waals surface area contributed by atoms with Crippen LogP contribution in [0, 0.1) is 12.8 Å². The number of nitrogens with one attached hydrogen (secondary N) is 1. The molecule has 19 heavy (non-hydrogen) atoms. The van der Waals surface area contributed by atoms with Crippen LogP contribution in [0.4, 0.5) is 5.13 Å². The Bertz CT molecular complexity index is 537. The van der Waals surface area contributed by atoms with Gasteiger partial charge in [-0.15, -0.1) is 16.4 Å². The fourth-order valence-corrected chi connectivity index (χ4v) is 2.42. The molecule has 0 spiro atoms. The number of aryl methyl sites for hydroxylation is 1. The Morgan fingerprint density at radius 2 is 2.37 bits per heavy atom. The average Bonchev–Trinajstić information content (AvgIpc) is 3.01. The molecule has 0 aliphatic rings. The number of tetrazole rings is 1. The number of hydrogen-bond donors (Lipinski definition) is 1. The van der Waals surface area contributed by atoms with Gasteiger partial charge in [0.15, 0.2) is 5.13 Å². The lowest BCUT2D eigenvalue weighted by atomic mass is 9.99. The third-order valence-corrected chi connectivity index (χ3v) is 3.78. The van der Waals surface area contributed by atoms with E-state index in [-0.39, 0.29) is 11.8 Å². The molecule has 7 nitrogen and oxygen atoms in total. The molecule has 0 saturated carbocycles. The van der Waals surface area contributed by atoms with Crippen molar-refractivity contribution in [2.45, 2.75) is 33.2 Å². The van der Waals surface area contributed by atoms with Crippen LogP contribution in [0.15, 0.2) is 12.5 Å². The van der Waals surface area contributed by atoms with Gasteiger partial charge in [-0.05, 0) is 23.3 Å². The molecule has 8 heteroatoms. The highest BCUT2D eigenvalue weighted by molar-refractivity contribution is 7.15. The maximum absolute atomic E-state index is 12.4. The van der Waals surface area contributed by atoms with Gasteiger partial charge in [0.05, 0.1) is 0 Å². The maximum Gasteiger partial charge on any atom is 0.251 e. The van der Waals surface area contributed by atoms with Gasteiger partial charge in [-0.2, -0.15) is 0 Å². The molecule has 0 radical (unpaired) electrons. The van der Waals surface area contributed by atoms with Crippen LogP contribution >= 0.6 is 11.3 Å². The molecule has 0 fully saturated rings. The SMILES string of the molecule is CCC(C)C(C(=O)Nc1ncc(C)s1)n1cnnn1. The van der Waals surface area contributed by atoms with Gasteiger partial charge in [0.1, 0.15) is 12.4 Å². The molecule has 0 saturated heterocycles. The van der Waals surface area contributed by atoms with Crippen LogP contribution in [-0.4, -0.2) is 31.1 Å². The molecular formula is C11H16N6OS. The van der Waals surface area contributed by atoms with Gasteiger partial charge >= 0.3 is 0 Å². The van der Waals surface area contributed by atoms with E-state index in [1.807, 2.05) is 20.8 Å². The third kappa shape index (κ3) is 3.14. The molecule has 2 heterocycles. The Labute approximate surface area is 115 Å². The van der Waals surface area contributed by atoms with Crippen LogP contribution in [-0.2, 0) is 4.79 Å². The third-order valence-electron chi connectivity index (χ3n) is 2.95. The van der Waals surface area contributed by atoms with E-state index in [1.165, 1.54) is 22.3 Å². The predicted octanol–water partition coefficient (Wildman–Crippen LogP) is 1.66. The van der Waals surface area contributed by atoms with Crippen molar-refractivity contribution in [2.24, 2.45) is 5.92 Å². The van der Waals surface area contributed by atoms with Crippen molar-refractivity contribution in [3.63, 3.8) is 0 Å². The molecule has 102 valence electrons. The molecule has 2 atom stereocenters. The Balaban J connectivity index is 2.16. The highest BCUT2D eigenvalue weighted by Crippen LogP contribution is 2.23. The van der Waals surface area contributed by atoms with E-state index in [4.69, 9.17) is 0 Å². The second-order valence-corrected chi connectivity index (χ2v) is 5.62. The molecule has 1 N–H and O–H groups in total. The summed E-state index contributed by atoms with van der Waals surface area (Å²) >= 11 is 1.45. The fourth-order valence-electron chi connectivity index (χ4n) is 1.75. The summed E-state index contributed by atoms with van der Waals surface area (Å²) in [4.78, 5) is 17.5. The number of anilines is 1. The molecule has 0 aromatic carbocycles. The van der Waals surface area contributed by atoms with Crippen LogP contribution < -0.4 is 5.32 Å². The predicted molar refractivity (Wildman–Crippen MR) is 71.8 cm³/mol. The summed E-state index contributed by atoms with van der Waals surface area (Å²) < 4.78 is 1.49. The first-order chi connectivity index (χ1) is 9.11. The fraction of sp³-hybridized carbons (Fsp3) is 0.545. The van der Waals surface area contributed by atoms with Gasteiger partial charge in [0.2, 0.25) is 0 Å². The Morgan fingerprint density at radius 3 is 2.89 bits per heavy atom. The van der Waals surface area contributed by atoms with Gasteiger partial charge in [-0.3, -0.25) is 4.79 Å². The number of rotatable bonds is 5. The largest absolute Gasteiger partial charge is 0.300 e. The minimum Gasteiger partial charge on any atom is -0.300 e. The standard InChI is InChI=1S/C11H16N6OS/c1-4-7(2)9(17-6-13-15-16-17)10(18)14-11-12-5-8(3)19-11/h5-7,9H,4H2,1-3H3,(H,12,14,18). The zero-order valence-corrected chi connectivity index (χ0v) is 11.9.